The number of nitrogens with zero attached hydrogens (tertiary/aromatic N) is 1. The van der Waals surface area contributed by atoms with E-state index in [4.69, 9.17) is 0 Å². The van der Waals surface area contributed by atoms with Crippen LogP contribution >= 0.6 is 0 Å². The Balaban J connectivity index is 1.51. The second-order valence-corrected chi connectivity index (χ2v) is 6.83. The summed E-state index contributed by atoms with van der Waals surface area (Å²) in [5.74, 6) is 0.610. The first-order valence-electron chi connectivity index (χ1n) is 8.41. The number of aliphatic hydroxyl groups is 1. The van der Waals surface area contributed by atoms with Crippen molar-refractivity contribution in [3.63, 3.8) is 0 Å². The van der Waals surface area contributed by atoms with Gasteiger partial charge in [0.15, 0.2) is 0 Å². The van der Waals surface area contributed by atoms with Gasteiger partial charge in [-0.15, -0.1) is 0 Å². The standard InChI is InChI=1S/C18H23FN2O/c19-15-3-1-2-14-17-10-20-11-21(17)16(18(14)15)9-6-12-4-7-13(22)8-5-12/h1-3,10,12-13,16,20,22H,4-9,11H2/t12-,13-,16-/m1/s1. The molecule has 4 rings (SSSR count). The molecule has 0 aromatic heterocycles. The van der Waals surface area contributed by atoms with Crippen molar-refractivity contribution in [1.82, 2.24) is 10.2 Å². The zero-order valence-electron chi connectivity index (χ0n) is 12.8. The highest BCUT2D eigenvalue weighted by molar-refractivity contribution is 5.73. The fraction of sp³-hybridized carbons (Fsp3) is 0.556. The van der Waals surface area contributed by atoms with Crippen molar-refractivity contribution in [1.29, 1.82) is 0 Å². The third-order valence-corrected chi connectivity index (χ3v) is 5.51. The van der Waals surface area contributed by atoms with Gasteiger partial charge in [-0.05, 0) is 50.5 Å². The van der Waals surface area contributed by atoms with Crippen LogP contribution in [0.5, 0.6) is 0 Å². The minimum Gasteiger partial charge on any atom is -0.393 e. The van der Waals surface area contributed by atoms with Crippen LogP contribution in [0.2, 0.25) is 0 Å². The molecule has 1 atom stereocenters. The van der Waals surface area contributed by atoms with Crippen molar-refractivity contribution in [2.75, 3.05) is 6.67 Å². The Bertz CT molecular complexity index is 593. The molecule has 3 aliphatic rings. The molecule has 2 N–H and O–H groups in total. The molecule has 0 spiro atoms. The smallest absolute Gasteiger partial charge is 0.129 e. The third kappa shape index (κ3) is 2.30. The van der Waals surface area contributed by atoms with Crippen LogP contribution < -0.4 is 5.32 Å². The van der Waals surface area contributed by atoms with Crippen LogP contribution in [0, 0.1) is 11.7 Å². The molecule has 22 heavy (non-hydrogen) atoms. The van der Waals surface area contributed by atoms with E-state index in [1.54, 1.807) is 12.1 Å². The number of hydrogen-bond donors (Lipinski definition) is 2. The summed E-state index contributed by atoms with van der Waals surface area (Å²) in [6.07, 6.45) is 8.10. The van der Waals surface area contributed by atoms with E-state index >= 15 is 0 Å². The Morgan fingerprint density at radius 3 is 2.82 bits per heavy atom. The van der Waals surface area contributed by atoms with Crippen LogP contribution in [0.15, 0.2) is 24.4 Å². The Morgan fingerprint density at radius 1 is 1.18 bits per heavy atom. The molecule has 1 aromatic carbocycles. The van der Waals surface area contributed by atoms with E-state index in [9.17, 15) is 9.50 Å². The molecule has 0 bridgehead atoms. The monoisotopic (exact) mass is 302 g/mol. The van der Waals surface area contributed by atoms with Crippen molar-refractivity contribution in [2.45, 2.75) is 50.7 Å². The minimum absolute atomic E-state index is 0.0723. The minimum atomic E-state index is -0.0989. The number of aliphatic hydroxyl groups excluding tert-OH is 1. The molecule has 0 radical (unpaired) electrons. The van der Waals surface area contributed by atoms with Crippen LogP contribution in [0.4, 0.5) is 4.39 Å². The van der Waals surface area contributed by atoms with E-state index in [0.29, 0.717) is 5.92 Å². The molecule has 1 aromatic rings. The summed E-state index contributed by atoms with van der Waals surface area (Å²) < 4.78 is 14.4. The predicted molar refractivity (Wildman–Crippen MR) is 84.2 cm³/mol. The van der Waals surface area contributed by atoms with Gasteiger partial charge in [-0.1, -0.05) is 12.1 Å². The lowest BCUT2D eigenvalue weighted by Gasteiger charge is -2.29. The molecule has 1 fully saturated rings. The van der Waals surface area contributed by atoms with Gasteiger partial charge in [0.05, 0.1) is 24.5 Å². The molecule has 0 saturated heterocycles. The highest BCUT2D eigenvalue weighted by Gasteiger charge is 2.37. The lowest BCUT2D eigenvalue weighted by atomic mass is 9.83. The number of nitrogens with one attached hydrogen (secondary N) is 1. The van der Waals surface area contributed by atoms with Crippen LogP contribution in [-0.2, 0) is 0 Å². The maximum Gasteiger partial charge on any atom is 0.129 e. The van der Waals surface area contributed by atoms with Crippen LogP contribution in [0.25, 0.3) is 5.70 Å². The normalized spacial score (nSPS) is 29.8. The Hall–Kier alpha value is -1.55. The first-order valence-corrected chi connectivity index (χ1v) is 8.41. The van der Waals surface area contributed by atoms with Crippen LogP contribution in [-0.4, -0.2) is 22.8 Å². The molecule has 3 nitrogen and oxygen atoms in total. The summed E-state index contributed by atoms with van der Waals surface area (Å²) in [5, 5.41) is 12.9. The average Bonchev–Trinajstić information content (AvgIpc) is 3.09. The predicted octanol–water partition coefficient (Wildman–Crippen LogP) is 3.37. The molecular weight excluding hydrogens is 279 g/mol. The lowest BCUT2D eigenvalue weighted by molar-refractivity contribution is 0.104. The molecule has 0 unspecified atom stereocenters. The van der Waals surface area contributed by atoms with Crippen LogP contribution in [0.1, 0.15) is 55.7 Å². The van der Waals surface area contributed by atoms with Gasteiger partial charge in [-0.2, -0.15) is 0 Å². The molecule has 118 valence electrons. The maximum atomic E-state index is 14.4. The number of hydrogen-bond acceptors (Lipinski definition) is 3. The first-order chi connectivity index (χ1) is 10.7. The topological polar surface area (TPSA) is 35.5 Å². The highest BCUT2D eigenvalue weighted by Crippen LogP contribution is 2.46. The van der Waals surface area contributed by atoms with E-state index in [-0.39, 0.29) is 18.0 Å². The van der Waals surface area contributed by atoms with Gasteiger partial charge < -0.3 is 15.3 Å². The average molecular weight is 302 g/mol. The summed E-state index contributed by atoms with van der Waals surface area (Å²) in [7, 11) is 0. The number of benzene rings is 1. The fourth-order valence-corrected chi connectivity index (χ4v) is 4.30. The molecule has 1 aliphatic carbocycles. The molecule has 4 heteroatoms. The number of fused-ring (bicyclic) bond motifs is 3. The van der Waals surface area contributed by atoms with Gasteiger partial charge in [0.1, 0.15) is 5.82 Å². The fourth-order valence-electron chi connectivity index (χ4n) is 4.30. The van der Waals surface area contributed by atoms with E-state index in [1.807, 2.05) is 12.3 Å². The molecule has 1 saturated carbocycles. The Labute approximate surface area is 130 Å². The summed E-state index contributed by atoms with van der Waals surface area (Å²) in [6, 6.07) is 5.57. The van der Waals surface area contributed by atoms with Gasteiger partial charge >= 0.3 is 0 Å². The molecular formula is C18H23FN2O. The second kappa shape index (κ2) is 5.58. The van der Waals surface area contributed by atoms with Gasteiger partial charge in [-0.25, -0.2) is 4.39 Å². The summed E-state index contributed by atoms with van der Waals surface area (Å²) in [6.45, 7) is 0.775. The molecule has 2 heterocycles. The van der Waals surface area contributed by atoms with Gasteiger partial charge in [0.25, 0.3) is 0 Å². The lowest BCUT2D eigenvalue weighted by Crippen LogP contribution is -2.25. The van der Waals surface area contributed by atoms with E-state index in [0.717, 1.165) is 62.0 Å². The zero-order valence-corrected chi connectivity index (χ0v) is 12.8. The van der Waals surface area contributed by atoms with Gasteiger partial charge in [0, 0.05) is 17.3 Å². The second-order valence-electron chi connectivity index (χ2n) is 6.83. The maximum absolute atomic E-state index is 14.4. The van der Waals surface area contributed by atoms with Crippen molar-refractivity contribution in [2.24, 2.45) is 5.92 Å². The molecule has 2 aliphatic heterocycles. The quantitative estimate of drug-likeness (QED) is 0.898. The zero-order chi connectivity index (χ0) is 15.1. The number of halogens is 1. The third-order valence-electron chi connectivity index (χ3n) is 5.51. The Morgan fingerprint density at radius 2 is 2.00 bits per heavy atom. The van der Waals surface area contributed by atoms with E-state index in [1.165, 1.54) is 0 Å². The summed E-state index contributed by atoms with van der Waals surface area (Å²) in [5.41, 5.74) is 3.07. The van der Waals surface area contributed by atoms with Crippen molar-refractivity contribution in [3.05, 3.63) is 41.3 Å². The summed E-state index contributed by atoms with van der Waals surface area (Å²) >= 11 is 0. The summed E-state index contributed by atoms with van der Waals surface area (Å²) in [4.78, 5) is 2.30. The Kier molecular flexibility index (Phi) is 3.57. The molecule has 0 amide bonds. The van der Waals surface area contributed by atoms with Crippen LogP contribution in [0.3, 0.4) is 0 Å². The van der Waals surface area contributed by atoms with Gasteiger partial charge in [-0.3, -0.25) is 0 Å². The van der Waals surface area contributed by atoms with Crippen molar-refractivity contribution >= 4 is 5.70 Å². The first kappa shape index (κ1) is 14.1. The highest BCUT2D eigenvalue weighted by atomic mass is 19.1. The SMILES string of the molecule is O[C@H]1CC[C@H](CC[C@@H]2c3c(F)cccc3C3=CNCN32)CC1. The van der Waals surface area contributed by atoms with E-state index < -0.39 is 0 Å². The largest absolute Gasteiger partial charge is 0.393 e. The van der Waals surface area contributed by atoms with Gasteiger partial charge in [0.2, 0.25) is 0 Å². The van der Waals surface area contributed by atoms with Crippen molar-refractivity contribution in [3.8, 4) is 0 Å². The van der Waals surface area contributed by atoms with E-state index in [2.05, 4.69) is 10.2 Å². The number of rotatable bonds is 3. The van der Waals surface area contributed by atoms with Crippen molar-refractivity contribution < 1.29 is 9.50 Å².